The van der Waals surface area contributed by atoms with Crippen LogP contribution in [0.25, 0.3) is 0 Å². The van der Waals surface area contributed by atoms with Gasteiger partial charge in [0.05, 0.1) is 11.5 Å². The molecule has 0 aliphatic heterocycles. The van der Waals surface area contributed by atoms with Gasteiger partial charge in [0, 0.05) is 18.2 Å². The summed E-state index contributed by atoms with van der Waals surface area (Å²) in [4.78, 5) is 23.7. The predicted molar refractivity (Wildman–Crippen MR) is 108 cm³/mol. The second-order valence-electron chi connectivity index (χ2n) is 6.02. The lowest BCUT2D eigenvalue weighted by molar-refractivity contribution is -0.145. The molecule has 156 valence electrons. The number of benzene rings is 2. The average molecular weight is 420 g/mol. The molecule has 2 rings (SSSR count). The summed E-state index contributed by atoms with van der Waals surface area (Å²) in [6.07, 6.45) is 0.691. The first-order valence-electron chi connectivity index (χ1n) is 9.05. The fraction of sp³-hybridized carbons (Fsp3) is 0.300. The van der Waals surface area contributed by atoms with Gasteiger partial charge in [-0.05, 0) is 50.2 Å². The quantitative estimate of drug-likeness (QED) is 0.570. The predicted octanol–water partition coefficient (Wildman–Crippen LogP) is 2.11. The Labute approximate surface area is 170 Å². The van der Waals surface area contributed by atoms with Crippen LogP contribution in [0.4, 0.5) is 5.69 Å². The summed E-state index contributed by atoms with van der Waals surface area (Å²) in [6, 6.07) is 13.1. The summed E-state index contributed by atoms with van der Waals surface area (Å²) in [5.74, 6) is -0.216. The van der Waals surface area contributed by atoms with Gasteiger partial charge in [-0.15, -0.1) is 0 Å². The van der Waals surface area contributed by atoms with Crippen molar-refractivity contribution in [3.8, 4) is 5.75 Å². The van der Waals surface area contributed by atoms with E-state index < -0.39 is 16.0 Å². The molecule has 0 aliphatic carbocycles. The van der Waals surface area contributed by atoms with E-state index in [2.05, 4.69) is 10.0 Å². The van der Waals surface area contributed by atoms with Crippen LogP contribution in [0.15, 0.2) is 53.4 Å². The van der Waals surface area contributed by atoms with Crippen molar-refractivity contribution in [1.29, 1.82) is 0 Å². The number of hydrogen-bond acceptors (Lipinski definition) is 6. The molecule has 0 radical (unpaired) electrons. The van der Waals surface area contributed by atoms with Gasteiger partial charge in [0.2, 0.25) is 15.9 Å². The van der Waals surface area contributed by atoms with Crippen LogP contribution in [0, 0.1) is 0 Å². The highest BCUT2D eigenvalue weighted by Gasteiger charge is 2.11. The first-order valence-corrected chi connectivity index (χ1v) is 10.5. The smallest absolute Gasteiger partial charge is 0.344 e. The number of amides is 1. The van der Waals surface area contributed by atoms with Gasteiger partial charge >= 0.3 is 5.97 Å². The van der Waals surface area contributed by atoms with Crippen LogP contribution in [0.5, 0.6) is 5.75 Å². The van der Waals surface area contributed by atoms with E-state index >= 15 is 0 Å². The first kappa shape index (κ1) is 22.4. The van der Waals surface area contributed by atoms with Gasteiger partial charge < -0.3 is 14.8 Å². The van der Waals surface area contributed by atoms with Crippen LogP contribution in [0.3, 0.4) is 0 Å². The molecule has 0 fully saturated rings. The molecule has 0 unspecified atom stereocenters. The summed E-state index contributed by atoms with van der Waals surface area (Å²) < 4.78 is 35.8. The van der Waals surface area contributed by atoms with Crippen LogP contribution in [0.1, 0.15) is 18.9 Å². The van der Waals surface area contributed by atoms with Crippen molar-refractivity contribution in [1.82, 2.24) is 4.72 Å². The van der Waals surface area contributed by atoms with Gasteiger partial charge in [-0.3, -0.25) is 4.79 Å². The molecule has 0 heterocycles. The van der Waals surface area contributed by atoms with Crippen LogP contribution < -0.4 is 14.8 Å². The fourth-order valence-corrected chi connectivity index (χ4v) is 3.17. The zero-order chi connectivity index (χ0) is 21.3. The molecule has 8 nitrogen and oxygen atoms in total. The molecule has 0 saturated carbocycles. The molecule has 2 aromatic carbocycles. The lowest BCUT2D eigenvalue weighted by Crippen LogP contribution is -2.18. The minimum Gasteiger partial charge on any atom is -0.482 e. The number of hydrogen-bond donors (Lipinski definition) is 2. The van der Waals surface area contributed by atoms with Crippen molar-refractivity contribution in [3.63, 3.8) is 0 Å². The van der Waals surface area contributed by atoms with Crippen molar-refractivity contribution in [2.45, 2.75) is 24.7 Å². The molecule has 0 aromatic heterocycles. The highest BCUT2D eigenvalue weighted by molar-refractivity contribution is 7.89. The second-order valence-corrected chi connectivity index (χ2v) is 7.91. The molecular weight excluding hydrogens is 396 g/mol. The lowest BCUT2D eigenvalue weighted by Gasteiger charge is -2.09. The largest absolute Gasteiger partial charge is 0.482 e. The van der Waals surface area contributed by atoms with Gasteiger partial charge in [-0.2, -0.15) is 0 Å². The maximum absolute atomic E-state index is 12.2. The van der Waals surface area contributed by atoms with Crippen LogP contribution >= 0.6 is 0 Å². The van der Waals surface area contributed by atoms with Gasteiger partial charge in [0.25, 0.3) is 0 Å². The van der Waals surface area contributed by atoms with Crippen molar-refractivity contribution in [2.24, 2.45) is 0 Å². The molecule has 0 saturated heterocycles. The summed E-state index contributed by atoms with van der Waals surface area (Å²) in [5, 5.41) is 2.77. The molecular formula is C20H24N2O6S. The first-order chi connectivity index (χ1) is 13.8. The highest BCUT2D eigenvalue weighted by Crippen LogP contribution is 2.18. The second kappa shape index (κ2) is 10.6. The Morgan fingerprint density at radius 1 is 1.07 bits per heavy atom. The summed E-state index contributed by atoms with van der Waals surface area (Å²) >= 11 is 0. The molecule has 2 aromatic rings. The molecule has 0 atom stereocenters. The molecule has 0 aliphatic rings. The number of aryl methyl sites for hydroxylation is 1. The van der Waals surface area contributed by atoms with Crippen molar-refractivity contribution in [2.75, 3.05) is 25.6 Å². The Bertz CT molecular complexity index is 942. The third-order valence-electron chi connectivity index (χ3n) is 3.92. The number of carbonyl (C=O) groups is 2. The lowest BCUT2D eigenvalue weighted by atomic mass is 10.1. The maximum Gasteiger partial charge on any atom is 0.344 e. The molecule has 1 amide bonds. The van der Waals surface area contributed by atoms with E-state index in [1.54, 1.807) is 43.3 Å². The van der Waals surface area contributed by atoms with E-state index in [1.807, 2.05) is 0 Å². The summed E-state index contributed by atoms with van der Waals surface area (Å²) in [5.41, 5.74) is 1.40. The van der Waals surface area contributed by atoms with Crippen molar-refractivity contribution >= 4 is 27.6 Å². The zero-order valence-electron chi connectivity index (χ0n) is 16.3. The van der Waals surface area contributed by atoms with E-state index in [-0.39, 0.29) is 30.4 Å². The molecule has 0 spiro atoms. The minimum absolute atomic E-state index is 0.174. The molecule has 9 heteroatoms. The van der Waals surface area contributed by atoms with Gasteiger partial charge in [0.15, 0.2) is 6.61 Å². The number of esters is 1. The minimum atomic E-state index is -3.47. The number of rotatable bonds is 10. The molecule has 0 bridgehead atoms. The van der Waals surface area contributed by atoms with Crippen molar-refractivity contribution in [3.05, 3.63) is 54.1 Å². The van der Waals surface area contributed by atoms with Crippen LogP contribution in [-0.4, -0.2) is 40.6 Å². The van der Waals surface area contributed by atoms with E-state index in [0.29, 0.717) is 17.9 Å². The Kier molecular flexibility index (Phi) is 8.17. The number of nitrogens with one attached hydrogen (secondary N) is 2. The van der Waals surface area contributed by atoms with E-state index in [0.717, 1.165) is 5.56 Å². The Morgan fingerprint density at radius 3 is 2.45 bits per heavy atom. The van der Waals surface area contributed by atoms with Gasteiger partial charge in [-0.1, -0.05) is 18.2 Å². The maximum atomic E-state index is 12.2. The Balaban J connectivity index is 1.86. The normalized spacial score (nSPS) is 11.0. The van der Waals surface area contributed by atoms with Crippen LogP contribution in [0.2, 0.25) is 0 Å². The summed E-state index contributed by atoms with van der Waals surface area (Å²) in [7, 11) is -2.12. The standard InChI is InChI=1S/C20H24N2O6S/c1-3-27-20(24)14-28-17-6-4-5-16(13-17)22-19(23)12-9-15-7-10-18(11-8-15)29(25,26)21-2/h4-8,10-11,13,21H,3,9,12,14H2,1-2H3,(H,22,23). The monoisotopic (exact) mass is 420 g/mol. The van der Waals surface area contributed by atoms with Gasteiger partial charge in [0.1, 0.15) is 5.75 Å². The Hall–Kier alpha value is -2.91. The van der Waals surface area contributed by atoms with E-state index in [4.69, 9.17) is 9.47 Å². The van der Waals surface area contributed by atoms with Crippen LogP contribution in [-0.2, 0) is 30.8 Å². The molecule has 2 N–H and O–H groups in total. The van der Waals surface area contributed by atoms with E-state index in [1.165, 1.54) is 19.2 Å². The van der Waals surface area contributed by atoms with Crippen molar-refractivity contribution < 1.29 is 27.5 Å². The summed E-state index contributed by atoms with van der Waals surface area (Å²) in [6.45, 7) is 1.80. The third-order valence-corrected chi connectivity index (χ3v) is 5.35. The Morgan fingerprint density at radius 2 is 1.79 bits per heavy atom. The third kappa shape index (κ3) is 7.20. The molecule has 29 heavy (non-hydrogen) atoms. The average Bonchev–Trinajstić information content (AvgIpc) is 2.71. The number of carbonyl (C=O) groups excluding carboxylic acids is 2. The number of sulfonamides is 1. The van der Waals surface area contributed by atoms with E-state index in [9.17, 15) is 18.0 Å². The SMILES string of the molecule is CCOC(=O)COc1cccc(NC(=O)CCc2ccc(S(=O)(=O)NC)cc2)c1. The number of ether oxygens (including phenoxy) is 2. The zero-order valence-corrected chi connectivity index (χ0v) is 17.1. The highest BCUT2D eigenvalue weighted by atomic mass is 32.2. The van der Waals surface area contributed by atoms with Gasteiger partial charge in [-0.25, -0.2) is 17.9 Å². The number of anilines is 1. The topological polar surface area (TPSA) is 111 Å². The fourth-order valence-electron chi connectivity index (χ4n) is 2.44.